The second-order valence-corrected chi connectivity index (χ2v) is 5.89. The number of carbonyl (C=O) groups is 2. The van der Waals surface area contributed by atoms with Crippen molar-refractivity contribution in [3.8, 4) is 0 Å². The lowest BCUT2D eigenvalue weighted by molar-refractivity contribution is -0.137. The summed E-state index contributed by atoms with van der Waals surface area (Å²) in [6.07, 6.45) is 1.75. The van der Waals surface area contributed by atoms with Crippen LogP contribution in [0.2, 0.25) is 0 Å². The van der Waals surface area contributed by atoms with Crippen LogP contribution in [0.15, 0.2) is 41.3 Å². The highest BCUT2D eigenvalue weighted by Crippen LogP contribution is 2.20. The molecule has 3 rings (SSSR count). The van der Waals surface area contributed by atoms with Crippen LogP contribution >= 0.6 is 0 Å². The lowest BCUT2D eigenvalue weighted by Crippen LogP contribution is -2.45. The number of nitrogens with two attached hydrogens (primary N) is 1. The summed E-state index contributed by atoms with van der Waals surface area (Å²) in [5.74, 6) is -0.885. The molecule has 0 spiro atoms. The summed E-state index contributed by atoms with van der Waals surface area (Å²) in [6.45, 7) is 0.162. The van der Waals surface area contributed by atoms with Crippen LogP contribution in [0.3, 0.4) is 0 Å². The smallest absolute Gasteiger partial charge is 0.258 e. The maximum Gasteiger partial charge on any atom is 0.258 e. The number of ether oxygens (including phenoxy) is 1. The molecule has 0 radical (unpaired) electrons. The van der Waals surface area contributed by atoms with E-state index in [-0.39, 0.29) is 24.1 Å². The predicted molar refractivity (Wildman–Crippen MR) is 88.3 cm³/mol. The van der Waals surface area contributed by atoms with Crippen molar-refractivity contribution in [2.45, 2.75) is 25.1 Å². The molecule has 0 saturated carbocycles. The number of amides is 2. The van der Waals surface area contributed by atoms with E-state index in [1.165, 1.54) is 16.6 Å². The van der Waals surface area contributed by atoms with Crippen LogP contribution in [0.5, 0.6) is 0 Å². The van der Waals surface area contributed by atoms with Gasteiger partial charge in [-0.2, -0.15) is 0 Å². The van der Waals surface area contributed by atoms with Gasteiger partial charge in [0.05, 0.1) is 6.10 Å². The standard InChI is InChI=1S/C17H19N3O4/c1-24-12-8-14(16(18)22)20(9-12)15(21)10-19-7-6-11-4-2-3-5-13(11)17(19)23/h2-7,12,14H,8-10H2,1H3,(H2,18,22)/t12-,14-/m0/s1. The minimum Gasteiger partial charge on any atom is -0.380 e. The molecule has 1 saturated heterocycles. The number of hydrogen-bond acceptors (Lipinski definition) is 4. The van der Waals surface area contributed by atoms with Crippen LogP contribution in [0.25, 0.3) is 10.8 Å². The van der Waals surface area contributed by atoms with Crippen molar-refractivity contribution in [1.82, 2.24) is 9.47 Å². The fraction of sp³-hybridized carbons (Fsp3) is 0.353. The third-order valence-electron chi connectivity index (χ3n) is 4.44. The Morgan fingerprint density at radius 2 is 2.04 bits per heavy atom. The normalized spacial score (nSPS) is 20.5. The van der Waals surface area contributed by atoms with Crippen molar-refractivity contribution in [1.29, 1.82) is 0 Å². The Labute approximate surface area is 138 Å². The lowest BCUT2D eigenvalue weighted by Gasteiger charge is -2.22. The summed E-state index contributed by atoms with van der Waals surface area (Å²) in [7, 11) is 1.53. The van der Waals surface area contributed by atoms with Gasteiger partial charge in [-0.3, -0.25) is 14.4 Å². The van der Waals surface area contributed by atoms with Crippen molar-refractivity contribution in [3.05, 3.63) is 46.9 Å². The lowest BCUT2D eigenvalue weighted by atomic mass is 10.2. The molecule has 7 nitrogen and oxygen atoms in total. The highest BCUT2D eigenvalue weighted by Gasteiger charge is 2.38. The van der Waals surface area contributed by atoms with Gasteiger partial charge < -0.3 is 19.9 Å². The van der Waals surface area contributed by atoms with Gasteiger partial charge >= 0.3 is 0 Å². The fourth-order valence-electron chi connectivity index (χ4n) is 3.10. The van der Waals surface area contributed by atoms with Gasteiger partial charge in [0.15, 0.2) is 0 Å². The second kappa shape index (κ2) is 6.45. The van der Waals surface area contributed by atoms with Crippen LogP contribution in [0, 0.1) is 0 Å². The number of primary amides is 1. The van der Waals surface area contributed by atoms with Gasteiger partial charge in [0.1, 0.15) is 12.6 Å². The SMILES string of the molecule is CO[C@H]1C[C@@H](C(N)=O)N(C(=O)Cn2ccc3ccccc3c2=O)C1. The minimum absolute atomic E-state index is 0.135. The average Bonchev–Trinajstić information content (AvgIpc) is 3.02. The number of rotatable bonds is 4. The van der Waals surface area contributed by atoms with Gasteiger partial charge in [-0.05, 0) is 17.5 Å². The molecule has 0 bridgehead atoms. The Bertz CT molecular complexity index is 845. The van der Waals surface area contributed by atoms with Crippen molar-refractivity contribution in [2.24, 2.45) is 5.73 Å². The number of hydrogen-bond donors (Lipinski definition) is 1. The number of aromatic nitrogens is 1. The number of nitrogens with zero attached hydrogens (tertiary/aromatic N) is 2. The summed E-state index contributed by atoms with van der Waals surface area (Å²) in [5.41, 5.74) is 5.15. The van der Waals surface area contributed by atoms with E-state index in [0.29, 0.717) is 18.4 Å². The Morgan fingerprint density at radius 1 is 1.29 bits per heavy atom. The minimum atomic E-state index is -0.696. The van der Waals surface area contributed by atoms with Gasteiger partial charge in [-0.15, -0.1) is 0 Å². The van der Waals surface area contributed by atoms with Crippen LogP contribution in [-0.4, -0.2) is 47.1 Å². The first-order chi connectivity index (χ1) is 11.5. The van der Waals surface area contributed by atoms with E-state index >= 15 is 0 Å². The largest absolute Gasteiger partial charge is 0.380 e. The third-order valence-corrected chi connectivity index (χ3v) is 4.44. The average molecular weight is 329 g/mol. The molecule has 2 atom stereocenters. The molecule has 126 valence electrons. The van der Waals surface area contributed by atoms with Crippen LogP contribution in [0.4, 0.5) is 0 Å². The third kappa shape index (κ3) is 2.90. The van der Waals surface area contributed by atoms with Crippen LogP contribution in [0.1, 0.15) is 6.42 Å². The zero-order valence-corrected chi connectivity index (χ0v) is 13.3. The van der Waals surface area contributed by atoms with E-state index in [1.807, 2.05) is 12.1 Å². The highest BCUT2D eigenvalue weighted by molar-refractivity contribution is 5.87. The van der Waals surface area contributed by atoms with E-state index in [2.05, 4.69) is 0 Å². The molecule has 0 unspecified atom stereocenters. The molecule has 0 aliphatic carbocycles. The molecule has 2 aromatic rings. The van der Waals surface area contributed by atoms with Crippen molar-refractivity contribution in [3.63, 3.8) is 0 Å². The number of fused-ring (bicyclic) bond motifs is 1. The molecule has 2 N–H and O–H groups in total. The van der Waals surface area contributed by atoms with Gasteiger partial charge in [-0.25, -0.2) is 0 Å². The quantitative estimate of drug-likeness (QED) is 0.861. The van der Waals surface area contributed by atoms with Crippen molar-refractivity contribution < 1.29 is 14.3 Å². The topological polar surface area (TPSA) is 94.6 Å². The molecule has 24 heavy (non-hydrogen) atoms. The Morgan fingerprint density at radius 3 is 2.75 bits per heavy atom. The van der Waals surface area contributed by atoms with E-state index < -0.39 is 11.9 Å². The van der Waals surface area contributed by atoms with Gasteiger partial charge in [0.25, 0.3) is 5.56 Å². The number of benzene rings is 1. The van der Waals surface area contributed by atoms with E-state index in [9.17, 15) is 14.4 Å². The van der Waals surface area contributed by atoms with Crippen molar-refractivity contribution >= 4 is 22.6 Å². The molecular weight excluding hydrogens is 310 g/mol. The molecule has 1 aliphatic rings. The summed E-state index contributed by atoms with van der Waals surface area (Å²) < 4.78 is 6.58. The Kier molecular flexibility index (Phi) is 4.35. The highest BCUT2D eigenvalue weighted by atomic mass is 16.5. The van der Waals surface area contributed by atoms with Crippen LogP contribution in [-0.2, 0) is 20.9 Å². The number of carbonyl (C=O) groups excluding carboxylic acids is 2. The molecule has 1 fully saturated rings. The summed E-state index contributed by atoms with van der Waals surface area (Å²) in [4.78, 5) is 38.1. The zero-order valence-electron chi connectivity index (χ0n) is 13.3. The van der Waals surface area contributed by atoms with Crippen LogP contribution < -0.4 is 11.3 Å². The summed E-state index contributed by atoms with van der Waals surface area (Å²) in [6, 6.07) is 8.29. The van der Waals surface area contributed by atoms with Gasteiger partial charge in [0, 0.05) is 31.7 Å². The van der Waals surface area contributed by atoms with E-state index in [1.54, 1.807) is 24.4 Å². The number of methoxy groups -OCH3 is 1. The molecule has 2 heterocycles. The fourth-order valence-corrected chi connectivity index (χ4v) is 3.10. The Hall–Kier alpha value is -2.67. The number of likely N-dealkylation sites (tertiary alicyclic amines) is 1. The zero-order chi connectivity index (χ0) is 17.3. The van der Waals surface area contributed by atoms with E-state index in [4.69, 9.17) is 10.5 Å². The van der Waals surface area contributed by atoms with Gasteiger partial charge in [0.2, 0.25) is 11.8 Å². The maximum atomic E-state index is 12.6. The molecule has 1 aliphatic heterocycles. The van der Waals surface area contributed by atoms with Gasteiger partial charge in [-0.1, -0.05) is 18.2 Å². The Balaban J connectivity index is 1.85. The second-order valence-electron chi connectivity index (χ2n) is 5.89. The van der Waals surface area contributed by atoms with Crippen molar-refractivity contribution in [2.75, 3.05) is 13.7 Å². The van der Waals surface area contributed by atoms with E-state index in [0.717, 1.165) is 5.39 Å². The first-order valence-corrected chi connectivity index (χ1v) is 7.71. The maximum absolute atomic E-state index is 12.6. The first-order valence-electron chi connectivity index (χ1n) is 7.71. The molecule has 7 heteroatoms. The summed E-state index contributed by atoms with van der Waals surface area (Å²) >= 11 is 0. The predicted octanol–water partition coefficient (Wildman–Crippen LogP) is 0.103. The molecule has 2 amide bonds. The molecular formula is C17H19N3O4. The monoisotopic (exact) mass is 329 g/mol. The molecule has 1 aromatic heterocycles. The number of pyridine rings is 1. The summed E-state index contributed by atoms with van der Waals surface area (Å²) in [5, 5.41) is 1.37. The molecule has 1 aromatic carbocycles. The first kappa shape index (κ1) is 16.2.